The maximum atomic E-state index is 14.7. The molecule has 1 aromatic heterocycles. The van der Waals surface area contributed by atoms with Crippen LogP contribution in [0, 0.1) is 5.41 Å². The van der Waals surface area contributed by atoms with Crippen molar-refractivity contribution >= 4 is 43.3 Å². The van der Waals surface area contributed by atoms with E-state index in [0.717, 1.165) is 23.1 Å². The molecule has 2 aliphatic rings. The number of hydrogen-bond acceptors (Lipinski definition) is 9. The SMILES string of the molecule is [B]C(=O)NC(Cc1cncn1C)C(=O)N1CC(OC(C)(C)C)CC1C(=O)NC1(C(=O)NC(Cc2ccc(CC(C)(C)C)cc2)C(=O)NC(Cc2ccccc2)C(=O)OC)CCCC1. The van der Waals surface area contributed by atoms with Crippen LogP contribution in [-0.2, 0) is 66.2 Å². The summed E-state index contributed by atoms with van der Waals surface area (Å²) in [4.78, 5) is 88.8. The minimum Gasteiger partial charge on any atom is -0.467 e. The third kappa shape index (κ3) is 13.7. The lowest BCUT2D eigenvalue weighted by Gasteiger charge is -2.34. The van der Waals surface area contributed by atoms with E-state index in [1.54, 1.807) is 24.1 Å². The number of nitrogens with one attached hydrogen (secondary N) is 4. The summed E-state index contributed by atoms with van der Waals surface area (Å²) < 4.78 is 13.1. The Labute approximate surface area is 372 Å². The van der Waals surface area contributed by atoms with Gasteiger partial charge < -0.3 is 40.2 Å². The minimum atomic E-state index is -1.42. The average Bonchev–Trinajstić information content (AvgIpc) is 3.97. The van der Waals surface area contributed by atoms with E-state index in [0.29, 0.717) is 18.5 Å². The Kier molecular flexibility index (Phi) is 16.0. The van der Waals surface area contributed by atoms with Crippen molar-refractivity contribution in [2.24, 2.45) is 12.5 Å². The number of nitrogens with zero attached hydrogens (tertiary/aromatic N) is 3. The van der Waals surface area contributed by atoms with E-state index < -0.39 is 76.8 Å². The molecule has 2 radical (unpaired) electrons. The zero-order valence-electron chi connectivity index (χ0n) is 38.0. The predicted octanol–water partition coefficient (Wildman–Crippen LogP) is 3.64. The van der Waals surface area contributed by atoms with Gasteiger partial charge in [0.25, 0.3) is 0 Å². The number of esters is 1. The molecular formula is C47H64BN7O8. The van der Waals surface area contributed by atoms with Crippen molar-refractivity contribution in [1.82, 2.24) is 35.7 Å². The molecule has 3 aromatic rings. The van der Waals surface area contributed by atoms with Gasteiger partial charge >= 0.3 is 5.97 Å². The van der Waals surface area contributed by atoms with Gasteiger partial charge in [0.2, 0.25) is 31.5 Å². The van der Waals surface area contributed by atoms with Crippen LogP contribution in [0.15, 0.2) is 67.1 Å². The zero-order chi connectivity index (χ0) is 46.1. The van der Waals surface area contributed by atoms with Crippen molar-refractivity contribution < 1.29 is 38.2 Å². The van der Waals surface area contributed by atoms with Crippen molar-refractivity contribution in [3.8, 4) is 0 Å². The number of amides is 5. The number of imidazole rings is 1. The van der Waals surface area contributed by atoms with E-state index in [9.17, 15) is 28.8 Å². The molecule has 16 heteroatoms. The van der Waals surface area contributed by atoms with Crippen molar-refractivity contribution in [2.75, 3.05) is 13.7 Å². The monoisotopic (exact) mass is 865 g/mol. The van der Waals surface area contributed by atoms with Crippen molar-refractivity contribution in [2.45, 2.75) is 141 Å². The van der Waals surface area contributed by atoms with Gasteiger partial charge in [0, 0.05) is 51.2 Å². The van der Waals surface area contributed by atoms with E-state index >= 15 is 0 Å². The standard InChI is InChI=1S/C47H64BN7O8/c1-45(2,3)26-32-18-16-31(17-19-32)22-35(39(56)50-37(42(59)62-8)23-30-14-10-9-11-15-30)51-43(60)47(20-12-13-21-47)53-40(57)38-25-34(63-46(4,5)6)28-55(38)41(58)36(52-44(48)61)24-33-27-49-29-54(33)7/h9-11,14-19,27,29,34-38H,12-13,20-26,28H2,1-8H3,(H,50,56)(H,51,60)(H,52,61)(H,53,57). The second kappa shape index (κ2) is 20.8. The highest BCUT2D eigenvalue weighted by atomic mass is 16.5. The van der Waals surface area contributed by atoms with Crippen LogP contribution in [0.25, 0.3) is 0 Å². The van der Waals surface area contributed by atoms with Crippen LogP contribution in [0.3, 0.4) is 0 Å². The molecule has 1 aliphatic carbocycles. The van der Waals surface area contributed by atoms with Gasteiger partial charge in [-0.25, -0.2) is 9.78 Å². The first-order chi connectivity index (χ1) is 29.6. The lowest BCUT2D eigenvalue weighted by Crippen LogP contribution is -2.64. The quantitative estimate of drug-likeness (QED) is 0.116. The summed E-state index contributed by atoms with van der Waals surface area (Å²) in [5, 5.41) is 11.4. The predicted molar refractivity (Wildman–Crippen MR) is 238 cm³/mol. The molecule has 2 heterocycles. The van der Waals surface area contributed by atoms with Crippen LogP contribution >= 0.6 is 0 Å². The lowest BCUT2D eigenvalue weighted by molar-refractivity contribution is -0.145. The Morgan fingerprint density at radius 3 is 2.02 bits per heavy atom. The van der Waals surface area contributed by atoms with Crippen molar-refractivity contribution in [3.63, 3.8) is 0 Å². The topological polar surface area (TPSA) is 190 Å². The third-order valence-corrected chi connectivity index (χ3v) is 11.5. The molecule has 0 spiro atoms. The largest absolute Gasteiger partial charge is 0.467 e. The van der Waals surface area contributed by atoms with Gasteiger partial charge in [-0.1, -0.05) is 88.2 Å². The molecule has 5 amide bonds. The summed E-state index contributed by atoms with van der Waals surface area (Å²) in [6.07, 6.45) is 5.74. The first kappa shape index (κ1) is 48.5. The molecule has 5 atom stereocenters. The van der Waals surface area contributed by atoms with Crippen LogP contribution in [0.5, 0.6) is 0 Å². The number of carbonyl (C=O) groups excluding carboxylic acids is 6. The zero-order valence-corrected chi connectivity index (χ0v) is 38.0. The molecule has 15 nitrogen and oxygen atoms in total. The smallest absolute Gasteiger partial charge is 0.328 e. The molecule has 5 unspecified atom stereocenters. The number of rotatable bonds is 17. The normalized spacial score (nSPS) is 18.8. The third-order valence-electron chi connectivity index (χ3n) is 11.5. The first-order valence-corrected chi connectivity index (χ1v) is 21.8. The van der Waals surface area contributed by atoms with E-state index in [1.165, 1.54) is 12.0 Å². The van der Waals surface area contributed by atoms with Crippen molar-refractivity contribution in [3.05, 3.63) is 89.5 Å². The molecule has 0 bridgehead atoms. The fourth-order valence-electron chi connectivity index (χ4n) is 8.55. The Bertz CT molecular complexity index is 2070. The van der Waals surface area contributed by atoms with Crippen LogP contribution in [0.2, 0.25) is 0 Å². The number of benzene rings is 2. The second-order valence-electron chi connectivity index (χ2n) is 19.2. The molecule has 1 aliphatic heterocycles. The van der Waals surface area contributed by atoms with Crippen LogP contribution in [0.4, 0.5) is 4.79 Å². The first-order valence-electron chi connectivity index (χ1n) is 21.8. The number of hydrogen-bond donors (Lipinski definition) is 4. The van der Waals surface area contributed by atoms with Crippen molar-refractivity contribution in [1.29, 1.82) is 0 Å². The van der Waals surface area contributed by atoms with E-state index in [-0.39, 0.29) is 50.5 Å². The maximum Gasteiger partial charge on any atom is 0.328 e. The van der Waals surface area contributed by atoms with E-state index in [4.69, 9.17) is 17.3 Å². The van der Waals surface area contributed by atoms with E-state index in [2.05, 4.69) is 47.0 Å². The summed E-state index contributed by atoms with van der Waals surface area (Å²) in [7, 11) is 8.56. The highest BCUT2D eigenvalue weighted by molar-refractivity contribution is 6.57. The summed E-state index contributed by atoms with van der Waals surface area (Å²) >= 11 is 0. The summed E-state index contributed by atoms with van der Waals surface area (Å²) in [5.41, 5.74) is 1.40. The Hall–Kier alpha value is -5.51. The van der Waals surface area contributed by atoms with Crippen LogP contribution in [-0.4, -0.2) is 113 Å². The van der Waals surface area contributed by atoms with Crippen LogP contribution < -0.4 is 21.3 Å². The Balaban J connectivity index is 1.42. The minimum absolute atomic E-state index is 0.0524. The molecule has 63 heavy (non-hydrogen) atoms. The number of aromatic nitrogens is 2. The van der Waals surface area contributed by atoms with E-state index in [1.807, 2.05) is 75.4 Å². The van der Waals surface area contributed by atoms with Crippen LogP contribution in [0.1, 0.15) is 96.0 Å². The van der Waals surface area contributed by atoms with Gasteiger partial charge in [-0.05, 0) is 62.1 Å². The van der Waals surface area contributed by atoms with Gasteiger partial charge in [-0.2, -0.15) is 0 Å². The highest BCUT2D eigenvalue weighted by Crippen LogP contribution is 2.33. The molecule has 4 N–H and O–H groups in total. The van der Waals surface area contributed by atoms with Gasteiger partial charge in [0.05, 0.1) is 25.1 Å². The Morgan fingerprint density at radius 1 is 0.825 bits per heavy atom. The number of likely N-dealkylation sites (tertiary alicyclic amines) is 1. The molecule has 2 fully saturated rings. The second-order valence-corrected chi connectivity index (χ2v) is 19.2. The number of ether oxygens (including phenoxy) is 2. The Morgan fingerprint density at radius 2 is 1.44 bits per heavy atom. The molecule has 2 aromatic carbocycles. The molecule has 338 valence electrons. The fourth-order valence-corrected chi connectivity index (χ4v) is 8.55. The molecular weight excluding hydrogens is 801 g/mol. The number of carbonyl (C=O) groups is 6. The number of aryl methyl sites for hydroxylation is 1. The molecule has 1 saturated heterocycles. The average molecular weight is 866 g/mol. The van der Waals surface area contributed by atoms with Gasteiger partial charge in [0.1, 0.15) is 29.7 Å². The van der Waals surface area contributed by atoms with Gasteiger partial charge in [-0.15, -0.1) is 0 Å². The fraction of sp³-hybridized carbons (Fsp3) is 0.553. The van der Waals surface area contributed by atoms with Gasteiger partial charge in [-0.3, -0.25) is 24.0 Å². The van der Waals surface area contributed by atoms with Gasteiger partial charge in [0.15, 0.2) is 5.81 Å². The lowest BCUT2D eigenvalue weighted by atomic mass is 9.87. The molecule has 5 rings (SSSR count). The molecule has 1 saturated carbocycles. The number of methoxy groups -OCH3 is 1. The summed E-state index contributed by atoms with van der Waals surface area (Å²) in [6.45, 7) is 12.2. The maximum absolute atomic E-state index is 14.7. The highest BCUT2D eigenvalue weighted by Gasteiger charge is 2.49. The summed E-state index contributed by atoms with van der Waals surface area (Å²) in [5.74, 6) is -3.80. The summed E-state index contributed by atoms with van der Waals surface area (Å²) in [6, 6.07) is 12.7.